The summed E-state index contributed by atoms with van der Waals surface area (Å²) in [5.41, 5.74) is 4.97. The Morgan fingerprint density at radius 3 is 2.95 bits per heavy atom. The molecule has 0 radical (unpaired) electrons. The predicted octanol–water partition coefficient (Wildman–Crippen LogP) is -0.409. The van der Waals surface area contributed by atoms with Crippen LogP contribution in [0.4, 0.5) is 5.82 Å². The minimum atomic E-state index is -3.77. The zero-order valence-electron chi connectivity index (χ0n) is 10.1. The lowest BCUT2D eigenvalue weighted by atomic mass is 10.4. The van der Waals surface area contributed by atoms with Crippen LogP contribution >= 0.6 is 11.3 Å². The highest BCUT2D eigenvalue weighted by Crippen LogP contribution is 2.24. The zero-order valence-corrected chi connectivity index (χ0v) is 11.7. The van der Waals surface area contributed by atoms with E-state index >= 15 is 0 Å². The number of aromatic nitrogens is 2. The number of fused-ring (bicyclic) bond motifs is 1. The molecule has 8 nitrogen and oxygen atoms in total. The third-order valence-corrected chi connectivity index (χ3v) is 4.61. The van der Waals surface area contributed by atoms with Crippen molar-refractivity contribution < 1.29 is 13.2 Å². The molecule has 0 unspecified atom stereocenters. The van der Waals surface area contributed by atoms with E-state index in [9.17, 15) is 13.2 Å². The summed E-state index contributed by atoms with van der Waals surface area (Å²) in [6.45, 7) is -0.0435. The smallest absolute Gasteiger partial charge is 0.260 e. The normalized spacial score (nSPS) is 11.8. The fourth-order valence-corrected chi connectivity index (χ4v) is 3.65. The molecule has 2 aromatic rings. The molecule has 0 aliphatic heterocycles. The van der Waals surface area contributed by atoms with Crippen LogP contribution in [0.5, 0.6) is 0 Å². The first-order valence-corrected chi connectivity index (χ1v) is 7.73. The van der Waals surface area contributed by atoms with E-state index in [0.717, 1.165) is 0 Å². The molecule has 2 aromatic heterocycles. The summed E-state index contributed by atoms with van der Waals surface area (Å²) in [4.78, 5) is 15.4. The monoisotopic (exact) mass is 303 g/mol. The number of primary amides is 1. The lowest BCUT2D eigenvalue weighted by molar-refractivity contribution is -0.117. The standard InChI is InChI=1S/C9H13N5O3S2/c1-11-7-8(14-4-5-18-9(14)13-7)19(16,17)12-3-2-6(10)15/h4-5,11-12H,2-3H2,1H3,(H2,10,15). The maximum Gasteiger partial charge on any atom is 0.260 e. The fourth-order valence-electron chi connectivity index (χ4n) is 1.56. The van der Waals surface area contributed by atoms with E-state index in [1.165, 1.54) is 15.7 Å². The Morgan fingerprint density at radius 2 is 2.32 bits per heavy atom. The van der Waals surface area contributed by atoms with Crippen molar-refractivity contribution in [3.05, 3.63) is 11.6 Å². The fraction of sp³-hybridized carbons (Fsp3) is 0.333. The Balaban J connectivity index is 2.35. The molecule has 0 aliphatic carbocycles. The summed E-state index contributed by atoms with van der Waals surface area (Å²) in [5, 5.41) is 4.50. The number of carbonyl (C=O) groups excluding carboxylic acids is 1. The zero-order chi connectivity index (χ0) is 14.0. The van der Waals surface area contributed by atoms with Crippen LogP contribution in [0, 0.1) is 0 Å². The average Bonchev–Trinajstić information content (AvgIpc) is 2.86. The van der Waals surface area contributed by atoms with Crippen LogP contribution < -0.4 is 15.8 Å². The van der Waals surface area contributed by atoms with Gasteiger partial charge in [0.25, 0.3) is 10.0 Å². The minimum Gasteiger partial charge on any atom is -0.371 e. The molecule has 0 bridgehead atoms. The Labute approximate surface area is 113 Å². The number of nitrogens with one attached hydrogen (secondary N) is 2. The number of carbonyl (C=O) groups is 1. The van der Waals surface area contributed by atoms with Gasteiger partial charge in [-0.1, -0.05) is 0 Å². The van der Waals surface area contributed by atoms with Gasteiger partial charge in [0.2, 0.25) is 5.91 Å². The van der Waals surface area contributed by atoms with Gasteiger partial charge in [-0.25, -0.2) is 18.1 Å². The van der Waals surface area contributed by atoms with Crippen molar-refractivity contribution in [3.63, 3.8) is 0 Å². The van der Waals surface area contributed by atoms with E-state index in [1.807, 2.05) is 0 Å². The first-order chi connectivity index (χ1) is 8.95. The van der Waals surface area contributed by atoms with Gasteiger partial charge in [-0.05, 0) is 0 Å². The predicted molar refractivity (Wildman–Crippen MR) is 71.6 cm³/mol. The van der Waals surface area contributed by atoms with E-state index in [4.69, 9.17) is 5.73 Å². The maximum absolute atomic E-state index is 12.2. The van der Waals surface area contributed by atoms with Gasteiger partial charge < -0.3 is 11.1 Å². The van der Waals surface area contributed by atoms with Gasteiger partial charge in [0, 0.05) is 31.6 Å². The molecule has 104 valence electrons. The quantitative estimate of drug-likeness (QED) is 0.670. The molecule has 0 saturated carbocycles. The van der Waals surface area contributed by atoms with Crippen molar-refractivity contribution in [2.75, 3.05) is 18.9 Å². The Hall–Kier alpha value is -1.65. The number of nitrogens with zero attached hydrogens (tertiary/aromatic N) is 2. The molecular weight excluding hydrogens is 290 g/mol. The third-order valence-electron chi connectivity index (χ3n) is 2.37. The lowest BCUT2D eigenvalue weighted by Gasteiger charge is -2.06. The number of hydrogen-bond acceptors (Lipinski definition) is 6. The number of anilines is 1. The number of amides is 1. The van der Waals surface area contributed by atoms with Gasteiger partial charge in [0.1, 0.15) is 0 Å². The molecule has 2 heterocycles. The second-order valence-corrected chi connectivity index (χ2v) is 6.24. The van der Waals surface area contributed by atoms with Crippen molar-refractivity contribution in [1.29, 1.82) is 0 Å². The number of imidazole rings is 1. The van der Waals surface area contributed by atoms with Crippen LogP contribution in [0.3, 0.4) is 0 Å². The van der Waals surface area contributed by atoms with E-state index in [2.05, 4.69) is 15.0 Å². The van der Waals surface area contributed by atoms with Gasteiger partial charge in [0.05, 0.1) is 0 Å². The maximum atomic E-state index is 12.2. The summed E-state index contributed by atoms with van der Waals surface area (Å²) < 4.78 is 28.2. The highest BCUT2D eigenvalue weighted by Gasteiger charge is 2.25. The molecule has 0 fully saturated rings. The minimum absolute atomic E-state index is 0.0238. The van der Waals surface area contributed by atoms with Gasteiger partial charge in [-0.15, -0.1) is 11.3 Å². The van der Waals surface area contributed by atoms with Crippen molar-refractivity contribution in [1.82, 2.24) is 14.1 Å². The first kappa shape index (κ1) is 13.8. The molecular formula is C9H13N5O3S2. The average molecular weight is 303 g/mol. The molecule has 0 atom stereocenters. The Bertz CT molecular complexity index is 703. The summed E-state index contributed by atoms with van der Waals surface area (Å²) in [6, 6.07) is 0. The van der Waals surface area contributed by atoms with Gasteiger partial charge >= 0.3 is 0 Å². The molecule has 10 heteroatoms. The van der Waals surface area contributed by atoms with Crippen molar-refractivity contribution in [3.8, 4) is 0 Å². The van der Waals surface area contributed by atoms with E-state index in [1.54, 1.807) is 18.6 Å². The van der Waals surface area contributed by atoms with Crippen LogP contribution in [0.25, 0.3) is 4.96 Å². The molecule has 0 saturated heterocycles. The number of rotatable bonds is 6. The first-order valence-electron chi connectivity index (χ1n) is 5.37. The molecule has 2 rings (SSSR count). The molecule has 1 amide bonds. The lowest BCUT2D eigenvalue weighted by Crippen LogP contribution is -2.29. The summed E-state index contributed by atoms with van der Waals surface area (Å²) >= 11 is 1.33. The third kappa shape index (κ3) is 2.69. The number of hydrogen-bond donors (Lipinski definition) is 3. The van der Waals surface area contributed by atoms with Crippen LogP contribution in [-0.2, 0) is 14.8 Å². The van der Waals surface area contributed by atoms with Gasteiger partial charge in [0.15, 0.2) is 15.8 Å². The molecule has 0 spiro atoms. The van der Waals surface area contributed by atoms with Gasteiger partial charge in [-0.2, -0.15) is 0 Å². The Kier molecular flexibility index (Phi) is 3.73. The van der Waals surface area contributed by atoms with E-state index < -0.39 is 15.9 Å². The van der Waals surface area contributed by atoms with Crippen LogP contribution in [0.2, 0.25) is 0 Å². The largest absolute Gasteiger partial charge is 0.371 e. The second-order valence-electron chi connectivity index (χ2n) is 3.69. The van der Waals surface area contributed by atoms with Crippen molar-refractivity contribution in [2.24, 2.45) is 5.73 Å². The number of nitrogens with two attached hydrogens (primary N) is 1. The van der Waals surface area contributed by atoms with Crippen molar-refractivity contribution >= 4 is 38.0 Å². The van der Waals surface area contributed by atoms with Crippen molar-refractivity contribution in [2.45, 2.75) is 11.4 Å². The second kappa shape index (κ2) is 5.15. The summed E-state index contributed by atoms with van der Waals surface area (Å²) in [7, 11) is -2.17. The van der Waals surface area contributed by atoms with E-state index in [-0.39, 0.29) is 23.8 Å². The van der Waals surface area contributed by atoms with E-state index in [0.29, 0.717) is 4.96 Å². The van der Waals surface area contributed by atoms with Gasteiger partial charge in [-0.3, -0.25) is 9.20 Å². The van der Waals surface area contributed by atoms with Crippen LogP contribution in [-0.4, -0.2) is 37.3 Å². The molecule has 19 heavy (non-hydrogen) atoms. The summed E-state index contributed by atoms with van der Waals surface area (Å²) in [6.07, 6.45) is 1.57. The molecule has 0 aliphatic rings. The Morgan fingerprint density at radius 1 is 1.58 bits per heavy atom. The van der Waals surface area contributed by atoms with Crippen LogP contribution in [0.15, 0.2) is 16.6 Å². The topological polar surface area (TPSA) is 119 Å². The molecule has 0 aromatic carbocycles. The summed E-state index contributed by atoms with van der Waals surface area (Å²) in [5.74, 6) is -0.302. The number of sulfonamides is 1. The number of thiazole rings is 1. The SMILES string of the molecule is CNc1nc2sccn2c1S(=O)(=O)NCCC(N)=O. The highest BCUT2D eigenvalue weighted by atomic mass is 32.2. The highest BCUT2D eigenvalue weighted by molar-refractivity contribution is 7.89. The molecule has 4 N–H and O–H groups in total. The van der Waals surface area contributed by atoms with Crippen LogP contribution in [0.1, 0.15) is 6.42 Å².